The third kappa shape index (κ3) is 3.45. The second-order valence-corrected chi connectivity index (χ2v) is 3.54. The first kappa shape index (κ1) is 15.2. The molecule has 0 aromatic carbocycles. The minimum absolute atomic E-state index is 0.536. The van der Waals surface area contributed by atoms with Crippen LogP contribution in [0.3, 0.4) is 0 Å². The molecule has 0 aliphatic rings. The highest BCUT2D eigenvalue weighted by Crippen LogP contribution is 1.99. The number of hydrogen-bond donors (Lipinski definition) is 2. The van der Waals surface area contributed by atoms with Crippen LogP contribution in [0, 0.1) is 25.4 Å². The SMILES string of the molecule is O=[N+]([O-])c1nnn(CN(Cn2nnc([N+](=O)[O-])n2)[NH+]([O-])O)n1. The van der Waals surface area contributed by atoms with E-state index in [1.807, 2.05) is 0 Å². The van der Waals surface area contributed by atoms with Crippen LogP contribution in [0.4, 0.5) is 11.9 Å². The molecule has 0 radical (unpaired) electrons. The summed E-state index contributed by atoms with van der Waals surface area (Å²) in [6.07, 6.45) is 0. The summed E-state index contributed by atoms with van der Waals surface area (Å²) in [6.45, 7) is -1.07. The first-order valence-electron chi connectivity index (χ1n) is 5.19. The molecule has 2 heterocycles. The van der Waals surface area contributed by atoms with Gasteiger partial charge in [-0.1, -0.05) is 14.6 Å². The molecule has 0 saturated heterocycles. The van der Waals surface area contributed by atoms with Crippen LogP contribution in [0.25, 0.3) is 0 Å². The first-order valence-corrected chi connectivity index (χ1v) is 5.19. The van der Waals surface area contributed by atoms with Crippen LogP contribution in [0.1, 0.15) is 0 Å². The highest BCUT2D eigenvalue weighted by molar-refractivity contribution is 4.93. The summed E-state index contributed by atoms with van der Waals surface area (Å²) < 4.78 is 0. The Hall–Kier alpha value is -3.22. The van der Waals surface area contributed by atoms with Gasteiger partial charge in [-0.25, -0.2) is 0 Å². The number of nitro groups is 2. The van der Waals surface area contributed by atoms with Crippen LogP contribution in [0.5, 0.6) is 0 Å². The largest absolute Gasteiger partial charge is 0.579 e. The molecule has 1 unspecified atom stereocenters. The summed E-state index contributed by atoms with van der Waals surface area (Å²) in [5.74, 6) is -1.61. The van der Waals surface area contributed by atoms with Gasteiger partial charge in [0.15, 0.2) is 13.3 Å². The summed E-state index contributed by atoms with van der Waals surface area (Å²) >= 11 is 0. The van der Waals surface area contributed by atoms with E-state index in [4.69, 9.17) is 5.21 Å². The summed E-state index contributed by atoms with van der Waals surface area (Å²) in [4.78, 5) is 20.3. The standard InChI is InChI=1S/C4H6N12O6/c17-14(18)3-5-9-12(7-3)1-11(16(21)22)2-13-8-4(6-10-13)15(19)20/h16,21H,1-2H2. The van der Waals surface area contributed by atoms with Gasteiger partial charge in [0, 0.05) is 10.4 Å². The average Bonchev–Trinajstić information content (AvgIpc) is 3.06. The maximum Gasteiger partial charge on any atom is 0.514 e. The van der Waals surface area contributed by atoms with Crippen molar-refractivity contribution in [2.75, 3.05) is 0 Å². The molecule has 1 atom stereocenters. The molecule has 118 valence electrons. The minimum Gasteiger partial charge on any atom is -0.579 e. The van der Waals surface area contributed by atoms with Gasteiger partial charge in [0.2, 0.25) is 0 Å². The van der Waals surface area contributed by atoms with Gasteiger partial charge >= 0.3 is 11.9 Å². The second-order valence-electron chi connectivity index (χ2n) is 3.54. The Morgan fingerprint density at radius 1 is 1.05 bits per heavy atom. The third-order valence-electron chi connectivity index (χ3n) is 2.08. The molecule has 2 aromatic heterocycles. The zero-order valence-corrected chi connectivity index (χ0v) is 10.3. The lowest BCUT2D eigenvalue weighted by atomic mass is 10.9. The molecule has 2 aromatic rings. The fraction of sp³-hybridized carbons (Fsp3) is 0.500. The zero-order valence-electron chi connectivity index (χ0n) is 10.3. The van der Waals surface area contributed by atoms with Crippen molar-refractivity contribution in [2.24, 2.45) is 0 Å². The van der Waals surface area contributed by atoms with Gasteiger partial charge in [0.25, 0.3) is 0 Å². The smallest absolute Gasteiger partial charge is 0.514 e. The van der Waals surface area contributed by atoms with Gasteiger partial charge in [0.1, 0.15) is 0 Å². The summed E-state index contributed by atoms with van der Waals surface area (Å²) in [6, 6.07) is 0. The Morgan fingerprint density at radius 3 is 1.73 bits per heavy atom. The van der Waals surface area contributed by atoms with E-state index in [0.717, 1.165) is 0 Å². The van der Waals surface area contributed by atoms with Gasteiger partial charge in [-0.15, -0.1) is 5.34 Å². The average molecular weight is 318 g/mol. The molecule has 0 amide bonds. The maximum absolute atomic E-state index is 11.1. The normalized spacial score (nSPS) is 12.5. The van der Waals surface area contributed by atoms with Gasteiger partial charge in [0.05, 0.1) is 20.4 Å². The predicted octanol–water partition coefficient (Wildman–Crippen LogP) is -3.92. The molecule has 18 heteroatoms. The highest BCUT2D eigenvalue weighted by Gasteiger charge is 2.24. The van der Waals surface area contributed by atoms with E-state index in [1.54, 1.807) is 0 Å². The molecule has 0 bridgehead atoms. The molecule has 0 aliphatic heterocycles. The minimum atomic E-state index is -1.47. The van der Waals surface area contributed by atoms with E-state index in [2.05, 4.69) is 30.8 Å². The number of hydrogen-bond acceptors (Lipinski definition) is 13. The van der Waals surface area contributed by atoms with Gasteiger partial charge < -0.3 is 25.4 Å². The predicted molar refractivity (Wildman–Crippen MR) is 56.9 cm³/mol. The molecule has 0 saturated carbocycles. The quantitative estimate of drug-likeness (QED) is 0.367. The molecular formula is C4H6N12O6. The molecule has 2 rings (SSSR count). The van der Waals surface area contributed by atoms with Crippen molar-refractivity contribution in [3.63, 3.8) is 0 Å². The Bertz CT molecular complexity index is 622. The Balaban J connectivity index is 2.08. The highest BCUT2D eigenvalue weighted by atomic mass is 16.8. The Morgan fingerprint density at radius 2 is 1.45 bits per heavy atom. The second kappa shape index (κ2) is 6.04. The van der Waals surface area contributed by atoms with Crippen LogP contribution >= 0.6 is 0 Å². The van der Waals surface area contributed by atoms with Gasteiger partial charge in [-0.05, 0) is 9.85 Å². The number of rotatable bonds is 7. The van der Waals surface area contributed by atoms with E-state index < -0.39 is 40.4 Å². The molecular weight excluding hydrogens is 312 g/mol. The lowest BCUT2D eigenvalue weighted by molar-refractivity contribution is -1.15. The van der Waals surface area contributed by atoms with Crippen LogP contribution in [-0.4, -0.2) is 60.5 Å². The van der Waals surface area contributed by atoms with Crippen LogP contribution in [0.15, 0.2) is 0 Å². The molecule has 22 heavy (non-hydrogen) atoms. The van der Waals surface area contributed by atoms with Crippen molar-refractivity contribution in [1.82, 2.24) is 45.4 Å². The van der Waals surface area contributed by atoms with Crippen LogP contribution in [0.2, 0.25) is 0 Å². The Labute approximate surface area is 117 Å². The Kier molecular flexibility index (Phi) is 4.17. The van der Waals surface area contributed by atoms with Crippen molar-refractivity contribution in [3.8, 4) is 0 Å². The lowest BCUT2D eigenvalue weighted by Crippen LogP contribution is -3.11. The monoisotopic (exact) mass is 318 g/mol. The summed E-state index contributed by atoms with van der Waals surface area (Å²) in [5.41, 5.74) is 0. The summed E-state index contributed by atoms with van der Waals surface area (Å²) in [7, 11) is 0. The fourth-order valence-corrected chi connectivity index (χ4v) is 1.21. The van der Waals surface area contributed by atoms with Crippen LogP contribution < -0.4 is 5.34 Å². The van der Waals surface area contributed by atoms with Crippen molar-refractivity contribution < 1.29 is 20.4 Å². The maximum atomic E-state index is 11.1. The van der Waals surface area contributed by atoms with Crippen molar-refractivity contribution in [1.29, 1.82) is 0 Å². The van der Waals surface area contributed by atoms with Gasteiger partial charge in [-0.3, -0.25) is 0 Å². The molecule has 18 nitrogen and oxygen atoms in total. The van der Waals surface area contributed by atoms with Crippen molar-refractivity contribution in [3.05, 3.63) is 25.4 Å². The number of aromatic nitrogens is 8. The molecule has 2 N–H and O–H groups in total. The fourth-order valence-electron chi connectivity index (χ4n) is 1.21. The number of quaternary nitrogens is 1. The summed E-state index contributed by atoms with van der Waals surface area (Å²) in [5, 5.41) is 59.4. The molecule has 0 spiro atoms. The van der Waals surface area contributed by atoms with Gasteiger partial charge in [-0.2, -0.15) is 5.21 Å². The zero-order chi connectivity index (χ0) is 16.3. The van der Waals surface area contributed by atoms with E-state index in [-0.39, 0.29) is 0 Å². The van der Waals surface area contributed by atoms with Crippen molar-refractivity contribution in [2.45, 2.75) is 13.3 Å². The first-order chi connectivity index (χ1) is 10.4. The van der Waals surface area contributed by atoms with Crippen molar-refractivity contribution >= 4 is 11.9 Å². The van der Waals surface area contributed by atoms with E-state index >= 15 is 0 Å². The third-order valence-corrected chi connectivity index (χ3v) is 2.08. The van der Waals surface area contributed by atoms with Crippen LogP contribution in [-0.2, 0) is 13.3 Å². The lowest BCUT2D eigenvalue weighted by Gasteiger charge is -2.23. The molecule has 0 aliphatic carbocycles. The molecule has 0 fully saturated rings. The number of tetrazole rings is 2. The van der Waals surface area contributed by atoms with E-state index in [0.29, 0.717) is 14.6 Å². The number of nitrogens with one attached hydrogen (secondary N) is 1. The topological polar surface area (TPSA) is 224 Å². The van der Waals surface area contributed by atoms with E-state index in [9.17, 15) is 25.4 Å². The van der Waals surface area contributed by atoms with E-state index in [1.165, 1.54) is 0 Å². The number of nitrogens with zero attached hydrogens (tertiary/aromatic N) is 11.